The number of fused-ring (bicyclic) bond motifs is 1. The molecule has 1 fully saturated rings. The van der Waals surface area contributed by atoms with Gasteiger partial charge in [-0.1, -0.05) is 11.3 Å². The van der Waals surface area contributed by atoms with Crippen LogP contribution in [0.4, 0.5) is 10.9 Å². The molecule has 0 aliphatic carbocycles. The van der Waals surface area contributed by atoms with Gasteiger partial charge < -0.3 is 19.7 Å². The minimum absolute atomic E-state index is 0.0235. The summed E-state index contributed by atoms with van der Waals surface area (Å²) in [6.45, 7) is 4.09. The molecule has 35 heavy (non-hydrogen) atoms. The highest BCUT2D eigenvalue weighted by Gasteiger charge is 2.26. The summed E-state index contributed by atoms with van der Waals surface area (Å²) in [7, 11) is 1.65. The number of carbonyl (C=O) groups excluding carboxylic acids is 1. The molecule has 0 unspecified atom stereocenters. The Morgan fingerprint density at radius 2 is 1.86 bits per heavy atom. The zero-order valence-electron chi connectivity index (χ0n) is 19.7. The van der Waals surface area contributed by atoms with Crippen LogP contribution < -0.4 is 19.7 Å². The Morgan fingerprint density at radius 3 is 2.60 bits per heavy atom. The van der Waals surface area contributed by atoms with E-state index in [0.717, 1.165) is 64.7 Å². The summed E-state index contributed by atoms with van der Waals surface area (Å²) in [5, 5.41) is 3.65. The first kappa shape index (κ1) is 23.0. The van der Waals surface area contributed by atoms with E-state index in [1.54, 1.807) is 13.4 Å². The van der Waals surface area contributed by atoms with Crippen LogP contribution in [0, 0.1) is 5.92 Å². The molecule has 1 amide bonds. The largest absolute Gasteiger partial charge is 0.497 e. The van der Waals surface area contributed by atoms with Gasteiger partial charge in [-0.2, -0.15) is 0 Å². The average Bonchev–Trinajstić information content (AvgIpc) is 3.30. The summed E-state index contributed by atoms with van der Waals surface area (Å²) in [6, 6.07) is 15.6. The predicted octanol–water partition coefficient (Wildman–Crippen LogP) is 5.02. The number of amides is 1. The van der Waals surface area contributed by atoms with Crippen LogP contribution in [0.15, 0.2) is 54.9 Å². The van der Waals surface area contributed by atoms with E-state index in [-0.39, 0.29) is 11.8 Å². The smallest absolute Gasteiger partial charge is 0.229 e. The maximum atomic E-state index is 12.9. The topological polar surface area (TPSA) is 89.5 Å². The normalized spacial score (nSPS) is 14.2. The van der Waals surface area contributed by atoms with Crippen molar-refractivity contribution in [3.05, 3.63) is 54.9 Å². The lowest BCUT2D eigenvalue weighted by atomic mass is 9.96. The summed E-state index contributed by atoms with van der Waals surface area (Å²) in [5.41, 5.74) is 2.73. The molecule has 2 aromatic carbocycles. The summed E-state index contributed by atoms with van der Waals surface area (Å²) in [4.78, 5) is 28.6. The maximum absolute atomic E-state index is 12.9. The molecular weight excluding hydrogens is 462 g/mol. The lowest BCUT2D eigenvalue weighted by molar-refractivity contribution is -0.120. The van der Waals surface area contributed by atoms with E-state index in [1.165, 1.54) is 11.3 Å². The maximum Gasteiger partial charge on any atom is 0.229 e. The van der Waals surface area contributed by atoms with Crippen molar-refractivity contribution in [1.29, 1.82) is 0 Å². The van der Waals surface area contributed by atoms with Crippen LogP contribution in [0.5, 0.6) is 11.5 Å². The van der Waals surface area contributed by atoms with E-state index in [0.29, 0.717) is 11.7 Å². The number of anilines is 2. The van der Waals surface area contributed by atoms with Crippen LogP contribution in [0.25, 0.3) is 21.5 Å². The van der Waals surface area contributed by atoms with E-state index in [9.17, 15) is 4.79 Å². The number of benzene rings is 2. The number of aromatic nitrogens is 3. The molecule has 2 aromatic heterocycles. The fourth-order valence-electron chi connectivity index (χ4n) is 4.23. The third-order valence-electron chi connectivity index (χ3n) is 6.13. The van der Waals surface area contributed by atoms with Gasteiger partial charge in [0.25, 0.3) is 0 Å². The Balaban J connectivity index is 1.20. The molecule has 4 aromatic rings. The number of thiazole rings is 1. The van der Waals surface area contributed by atoms with E-state index >= 15 is 0 Å². The highest BCUT2D eigenvalue weighted by molar-refractivity contribution is 7.22. The number of carbonyl (C=O) groups is 1. The zero-order chi connectivity index (χ0) is 24.2. The second kappa shape index (κ2) is 10.3. The van der Waals surface area contributed by atoms with Gasteiger partial charge in [0.15, 0.2) is 5.13 Å². The Hall–Kier alpha value is -3.72. The molecular formula is C26H27N5O3S. The second-order valence-electron chi connectivity index (χ2n) is 8.32. The minimum Gasteiger partial charge on any atom is -0.497 e. The van der Waals surface area contributed by atoms with Gasteiger partial charge in [0.05, 0.1) is 29.6 Å². The first-order valence-corrected chi connectivity index (χ1v) is 12.5. The first-order chi connectivity index (χ1) is 17.1. The number of hydrogen-bond acceptors (Lipinski definition) is 8. The van der Waals surface area contributed by atoms with Gasteiger partial charge in [-0.15, -0.1) is 0 Å². The van der Waals surface area contributed by atoms with Gasteiger partial charge in [0.1, 0.15) is 23.6 Å². The number of hydrogen-bond donors (Lipinski definition) is 1. The van der Waals surface area contributed by atoms with Crippen molar-refractivity contribution in [2.75, 3.05) is 37.0 Å². The van der Waals surface area contributed by atoms with E-state index in [2.05, 4.69) is 25.2 Å². The number of nitrogens with zero attached hydrogens (tertiary/aromatic N) is 4. The predicted molar refractivity (Wildman–Crippen MR) is 138 cm³/mol. The van der Waals surface area contributed by atoms with Crippen LogP contribution in [-0.4, -0.2) is 47.7 Å². The molecule has 5 rings (SSSR count). The Labute approximate surface area is 208 Å². The molecule has 8 nitrogen and oxygen atoms in total. The molecule has 0 radical (unpaired) electrons. The Bertz CT molecular complexity index is 1320. The molecule has 9 heteroatoms. The monoisotopic (exact) mass is 489 g/mol. The van der Waals surface area contributed by atoms with Crippen LogP contribution >= 0.6 is 11.3 Å². The average molecular weight is 490 g/mol. The molecule has 0 saturated carbocycles. The third kappa shape index (κ3) is 5.19. The van der Waals surface area contributed by atoms with Crippen LogP contribution in [0.3, 0.4) is 0 Å². The first-order valence-electron chi connectivity index (χ1n) is 11.7. The zero-order valence-corrected chi connectivity index (χ0v) is 20.5. The SMILES string of the molecule is CCOc1ccc2nc(NC(=O)C3CCN(c4cc(-c5ccc(OC)cc5)ncn4)CC3)sc2c1. The van der Waals surface area contributed by atoms with Crippen molar-refractivity contribution in [3.63, 3.8) is 0 Å². The molecule has 1 N–H and O–H groups in total. The van der Waals surface area contributed by atoms with Crippen molar-refractivity contribution < 1.29 is 14.3 Å². The highest BCUT2D eigenvalue weighted by atomic mass is 32.1. The van der Waals surface area contributed by atoms with Crippen molar-refractivity contribution in [2.45, 2.75) is 19.8 Å². The number of piperidine rings is 1. The number of rotatable bonds is 7. The minimum atomic E-state index is -0.0554. The summed E-state index contributed by atoms with van der Waals surface area (Å²) in [6.07, 6.45) is 3.11. The molecule has 1 aliphatic heterocycles. The number of ether oxygens (including phenoxy) is 2. The molecule has 0 atom stereocenters. The van der Waals surface area contributed by atoms with E-state index in [4.69, 9.17) is 9.47 Å². The van der Waals surface area contributed by atoms with Crippen molar-refractivity contribution in [3.8, 4) is 22.8 Å². The van der Waals surface area contributed by atoms with Gasteiger partial charge in [0, 0.05) is 30.6 Å². The van der Waals surface area contributed by atoms with Gasteiger partial charge in [-0.05, 0) is 62.2 Å². The van der Waals surface area contributed by atoms with E-state index < -0.39 is 0 Å². The van der Waals surface area contributed by atoms with Crippen LogP contribution in [0.2, 0.25) is 0 Å². The lowest BCUT2D eigenvalue weighted by Crippen LogP contribution is -2.38. The van der Waals surface area contributed by atoms with Crippen LogP contribution in [0.1, 0.15) is 19.8 Å². The quantitative estimate of drug-likeness (QED) is 0.390. The fraction of sp³-hybridized carbons (Fsp3) is 0.308. The number of nitrogens with one attached hydrogen (secondary N) is 1. The van der Waals surface area contributed by atoms with Gasteiger partial charge in [-0.25, -0.2) is 15.0 Å². The van der Waals surface area contributed by atoms with Gasteiger partial charge in [0.2, 0.25) is 5.91 Å². The third-order valence-corrected chi connectivity index (χ3v) is 7.06. The van der Waals surface area contributed by atoms with Gasteiger partial charge >= 0.3 is 0 Å². The molecule has 0 spiro atoms. The van der Waals surface area contributed by atoms with Crippen molar-refractivity contribution in [2.24, 2.45) is 5.92 Å². The molecule has 3 heterocycles. The highest BCUT2D eigenvalue weighted by Crippen LogP contribution is 2.31. The van der Waals surface area contributed by atoms with E-state index in [1.807, 2.05) is 55.5 Å². The van der Waals surface area contributed by atoms with Gasteiger partial charge in [-0.3, -0.25) is 4.79 Å². The molecule has 1 aliphatic rings. The molecule has 180 valence electrons. The summed E-state index contributed by atoms with van der Waals surface area (Å²) < 4.78 is 11.8. The standard InChI is InChI=1S/C26H27N5O3S/c1-3-34-20-8-9-21-23(14-20)35-26(29-21)30-25(32)18-10-12-31(13-11-18)24-15-22(27-16-28-24)17-4-6-19(33-2)7-5-17/h4-9,14-16,18H,3,10-13H2,1-2H3,(H,29,30,32). The summed E-state index contributed by atoms with van der Waals surface area (Å²) >= 11 is 1.47. The molecule has 0 bridgehead atoms. The Kier molecular flexibility index (Phi) is 6.76. The van der Waals surface area contributed by atoms with Crippen LogP contribution in [-0.2, 0) is 4.79 Å². The lowest BCUT2D eigenvalue weighted by Gasteiger charge is -2.32. The van der Waals surface area contributed by atoms with Crippen molar-refractivity contribution in [1.82, 2.24) is 15.0 Å². The summed E-state index contributed by atoms with van der Waals surface area (Å²) in [5.74, 6) is 2.47. The molecule has 1 saturated heterocycles. The second-order valence-corrected chi connectivity index (χ2v) is 9.35. The van der Waals surface area contributed by atoms with Crippen molar-refractivity contribution >= 4 is 38.4 Å². The fourth-order valence-corrected chi connectivity index (χ4v) is 5.13. The Morgan fingerprint density at radius 1 is 1.09 bits per heavy atom. The number of methoxy groups -OCH3 is 1.